The number of halogens is 3. The van der Waals surface area contributed by atoms with Crippen LogP contribution in [-0.2, 0) is 19.0 Å². The van der Waals surface area contributed by atoms with E-state index in [1.807, 2.05) is 30.3 Å². The zero-order chi connectivity index (χ0) is 21.2. The number of carboxylic acids is 1. The van der Waals surface area contributed by atoms with Crippen LogP contribution in [-0.4, -0.2) is 20.9 Å². The lowest BCUT2D eigenvalue weighted by Gasteiger charge is -2.15. The second-order valence-electron chi connectivity index (χ2n) is 6.49. The zero-order valence-corrected chi connectivity index (χ0v) is 15.4. The van der Waals surface area contributed by atoms with Crippen molar-refractivity contribution in [2.45, 2.75) is 25.9 Å². The van der Waals surface area contributed by atoms with Crippen molar-refractivity contribution in [1.82, 2.24) is 9.78 Å². The van der Waals surface area contributed by atoms with E-state index in [-0.39, 0.29) is 17.7 Å². The van der Waals surface area contributed by atoms with Crippen molar-refractivity contribution in [2.75, 3.05) is 0 Å². The summed E-state index contributed by atoms with van der Waals surface area (Å²) < 4.78 is 39.6. The third kappa shape index (κ3) is 4.37. The SMILES string of the molecule is Cc1c(CCc2ccccc2)c(=O)c(C(=O)O)nn1-c1ccc(C(F)(F)F)cc1. The molecule has 1 N–H and O–H groups in total. The minimum atomic E-state index is -4.49. The van der Waals surface area contributed by atoms with Crippen molar-refractivity contribution in [3.8, 4) is 5.69 Å². The molecule has 0 aliphatic rings. The smallest absolute Gasteiger partial charge is 0.416 e. The van der Waals surface area contributed by atoms with Gasteiger partial charge >= 0.3 is 12.1 Å². The van der Waals surface area contributed by atoms with Gasteiger partial charge < -0.3 is 5.11 Å². The number of carbonyl (C=O) groups is 1. The fourth-order valence-corrected chi connectivity index (χ4v) is 3.05. The molecular formula is C21H17F3N2O3. The van der Waals surface area contributed by atoms with Crippen LogP contribution in [0.4, 0.5) is 13.2 Å². The number of aryl methyl sites for hydroxylation is 1. The Bertz CT molecular complexity index is 1090. The summed E-state index contributed by atoms with van der Waals surface area (Å²) in [6.45, 7) is 1.60. The Morgan fingerprint density at radius 2 is 1.66 bits per heavy atom. The van der Waals surface area contributed by atoms with E-state index in [1.165, 1.54) is 16.8 Å². The van der Waals surface area contributed by atoms with Crippen molar-refractivity contribution >= 4 is 5.97 Å². The van der Waals surface area contributed by atoms with Crippen LogP contribution in [0.5, 0.6) is 0 Å². The molecule has 0 aliphatic heterocycles. The van der Waals surface area contributed by atoms with Crippen LogP contribution in [0, 0.1) is 6.92 Å². The molecule has 0 fully saturated rings. The van der Waals surface area contributed by atoms with Crippen LogP contribution in [0.25, 0.3) is 5.69 Å². The molecule has 1 heterocycles. The van der Waals surface area contributed by atoms with Gasteiger partial charge in [-0.15, -0.1) is 0 Å². The van der Waals surface area contributed by atoms with Gasteiger partial charge in [-0.25, -0.2) is 9.48 Å². The molecule has 0 saturated heterocycles. The lowest BCUT2D eigenvalue weighted by atomic mass is 10.0. The zero-order valence-electron chi connectivity index (χ0n) is 15.4. The second-order valence-corrected chi connectivity index (χ2v) is 6.49. The molecule has 0 spiro atoms. The highest BCUT2D eigenvalue weighted by atomic mass is 19.4. The van der Waals surface area contributed by atoms with E-state index in [2.05, 4.69) is 5.10 Å². The molecule has 0 atom stereocenters. The highest BCUT2D eigenvalue weighted by molar-refractivity contribution is 5.85. The third-order valence-corrected chi connectivity index (χ3v) is 4.59. The Hall–Kier alpha value is -3.42. The molecule has 29 heavy (non-hydrogen) atoms. The van der Waals surface area contributed by atoms with Crippen molar-refractivity contribution in [1.29, 1.82) is 0 Å². The van der Waals surface area contributed by atoms with Gasteiger partial charge in [0.05, 0.1) is 11.3 Å². The number of aromatic nitrogens is 2. The monoisotopic (exact) mass is 402 g/mol. The number of rotatable bonds is 5. The summed E-state index contributed by atoms with van der Waals surface area (Å²) in [5, 5.41) is 13.2. The predicted molar refractivity (Wildman–Crippen MR) is 100 cm³/mol. The Morgan fingerprint density at radius 3 is 2.21 bits per heavy atom. The van der Waals surface area contributed by atoms with Crippen molar-refractivity contribution in [2.24, 2.45) is 0 Å². The van der Waals surface area contributed by atoms with E-state index in [1.54, 1.807) is 6.92 Å². The molecule has 3 rings (SSSR count). The fraction of sp³-hybridized carbons (Fsp3) is 0.190. The molecule has 0 amide bonds. The number of nitrogens with zero attached hydrogens (tertiary/aromatic N) is 2. The van der Waals surface area contributed by atoms with E-state index in [0.717, 1.165) is 17.7 Å². The van der Waals surface area contributed by atoms with Crippen LogP contribution in [0.1, 0.15) is 32.9 Å². The maximum atomic E-state index is 12.8. The van der Waals surface area contributed by atoms with Gasteiger partial charge in [-0.3, -0.25) is 4.79 Å². The maximum Gasteiger partial charge on any atom is 0.416 e. The van der Waals surface area contributed by atoms with Crippen LogP contribution >= 0.6 is 0 Å². The molecule has 1 aromatic heterocycles. The Labute approximate surface area is 164 Å². The molecule has 0 bridgehead atoms. The Balaban J connectivity index is 2.06. The van der Waals surface area contributed by atoms with Crippen molar-refractivity contribution < 1.29 is 23.1 Å². The van der Waals surface area contributed by atoms with Gasteiger partial charge in [0.25, 0.3) is 0 Å². The Kier molecular flexibility index (Phi) is 5.54. The molecule has 150 valence electrons. The number of hydrogen-bond donors (Lipinski definition) is 1. The maximum absolute atomic E-state index is 12.8. The molecule has 5 nitrogen and oxygen atoms in total. The van der Waals surface area contributed by atoms with Crippen molar-refractivity contribution in [3.05, 3.63) is 92.9 Å². The first-order chi connectivity index (χ1) is 13.7. The molecule has 0 radical (unpaired) electrons. The minimum absolute atomic E-state index is 0.235. The molecule has 0 aliphatic carbocycles. The first-order valence-corrected chi connectivity index (χ1v) is 8.76. The number of aromatic carboxylic acids is 1. The first-order valence-electron chi connectivity index (χ1n) is 8.76. The van der Waals surface area contributed by atoms with Crippen LogP contribution in [0.15, 0.2) is 59.4 Å². The van der Waals surface area contributed by atoms with Gasteiger partial charge in [-0.2, -0.15) is 18.3 Å². The summed E-state index contributed by atoms with van der Waals surface area (Å²) in [6, 6.07) is 13.5. The van der Waals surface area contributed by atoms with Gasteiger partial charge in [0.1, 0.15) is 0 Å². The largest absolute Gasteiger partial charge is 0.476 e. The summed E-state index contributed by atoms with van der Waals surface area (Å²) in [6.07, 6.45) is -3.71. The van der Waals surface area contributed by atoms with Crippen LogP contribution in [0.3, 0.4) is 0 Å². The van der Waals surface area contributed by atoms with Crippen molar-refractivity contribution in [3.63, 3.8) is 0 Å². The van der Waals surface area contributed by atoms with E-state index in [9.17, 15) is 27.9 Å². The lowest BCUT2D eigenvalue weighted by molar-refractivity contribution is -0.137. The van der Waals surface area contributed by atoms with E-state index in [0.29, 0.717) is 12.1 Å². The van der Waals surface area contributed by atoms with Gasteiger partial charge in [-0.1, -0.05) is 30.3 Å². The van der Waals surface area contributed by atoms with Gasteiger partial charge in [-0.05, 0) is 49.6 Å². The molecule has 2 aromatic carbocycles. The van der Waals surface area contributed by atoms with E-state index >= 15 is 0 Å². The van der Waals surface area contributed by atoms with Gasteiger partial charge in [0.15, 0.2) is 0 Å². The molecular weight excluding hydrogens is 385 g/mol. The quantitative estimate of drug-likeness (QED) is 0.699. The number of carboxylic acid groups (broad SMARTS) is 1. The summed E-state index contributed by atoms with van der Waals surface area (Å²) in [5.74, 6) is -1.49. The number of alkyl halides is 3. The summed E-state index contributed by atoms with van der Waals surface area (Å²) in [5.41, 5.74) is -0.327. The second kappa shape index (κ2) is 7.90. The first kappa shape index (κ1) is 20.3. The summed E-state index contributed by atoms with van der Waals surface area (Å²) in [7, 11) is 0. The topological polar surface area (TPSA) is 72.2 Å². The third-order valence-electron chi connectivity index (χ3n) is 4.59. The normalized spacial score (nSPS) is 11.4. The number of hydrogen-bond acceptors (Lipinski definition) is 3. The molecule has 8 heteroatoms. The summed E-state index contributed by atoms with van der Waals surface area (Å²) >= 11 is 0. The summed E-state index contributed by atoms with van der Waals surface area (Å²) in [4.78, 5) is 24.1. The highest BCUT2D eigenvalue weighted by Gasteiger charge is 2.30. The standard InChI is InChI=1S/C21H17F3N2O3/c1-13-17(12-7-14-5-3-2-4-6-14)19(27)18(20(28)29)25-26(13)16-10-8-15(9-11-16)21(22,23)24/h2-6,8-11H,7,12H2,1H3,(H,28,29). The number of benzene rings is 2. The predicted octanol–water partition coefficient (Wildman–Crippen LogP) is 4.04. The molecule has 3 aromatic rings. The highest BCUT2D eigenvalue weighted by Crippen LogP contribution is 2.29. The van der Waals surface area contributed by atoms with E-state index < -0.39 is 28.8 Å². The van der Waals surface area contributed by atoms with Gasteiger partial charge in [0.2, 0.25) is 11.1 Å². The fourth-order valence-electron chi connectivity index (χ4n) is 3.05. The minimum Gasteiger partial charge on any atom is -0.476 e. The van der Waals surface area contributed by atoms with E-state index in [4.69, 9.17) is 0 Å². The van der Waals surface area contributed by atoms with Crippen LogP contribution in [0.2, 0.25) is 0 Å². The molecule has 0 unspecified atom stereocenters. The average Bonchev–Trinajstić information content (AvgIpc) is 2.68. The lowest BCUT2D eigenvalue weighted by Crippen LogP contribution is -2.27. The van der Waals surface area contributed by atoms with Crippen LogP contribution < -0.4 is 5.43 Å². The average molecular weight is 402 g/mol. The molecule has 0 saturated carbocycles. The van der Waals surface area contributed by atoms with Gasteiger partial charge in [0, 0.05) is 11.3 Å². The Morgan fingerprint density at radius 1 is 1.03 bits per heavy atom.